The van der Waals surface area contributed by atoms with Crippen molar-refractivity contribution in [1.82, 2.24) is 5.32 Å². The van der Waals surface area contributed by atoms with Crippen LogP contribution in [0.5, 0.6) is 0 Å². The third kappa shape index (κ3) is 3.10. The molecule has 1 aromatic rings. The van der Waals surface area contributed by atoms with Crippen LogP contribution in [0.3, 0.4) is 0 Å². The highest BCUT2D eigenvalue weighted by atomic mass is 16.3. The van der Waals surface area contributed by atoms with Gasteiger partial charge in [0.25, 0.3) is 0 Å². The number of benzene rings is 1. The normalized spacial score (nSPS) is 23.2. The van der Waals surface area contributed by atoms with Crippen molar-refractivity contribution in [1.29, 1.82) is 0 Å². The van der Waals surface area contributed by atoms with Gasteiger partial charge in [0, 0.05) is 23.8 Å². The summed E-state index contributed by atoms with van der Waals surface area (Å²) in [5.41, 5.74) is 2.81. The van der Waals surface area contributed by atoms with Gasteiger partial charge in [-0.15, -0.1) is 0 Å². The summed E-state index contributed by atoms with van der Waals surface area (Å²) in [6, 6.07) is 8.79. The Hall–Kier alpha value is -1.06. The van der Waals surface area contributed by atoms with Gasteiger partial charge in [0.2, 0.25) is 0 Å². The molecule has 0 spiro atoms. The highest BCUT2D eigenvalue weighted by molar-refractivity contribution is 5.56. The lowest BCUT2D eigenvalue weighted by molar-refractivity contribution is 0.248. The molecule has 3 nitrogen and oxygen atoms in total. The fourth-order valence-corrected chi connectivity index (χ4v) is 2.87. The largest absolute Gasteiger partial charge is 0.395 e. The summed E-state index contributed by atoms with van der Waals surface area (Å²) in [5, 5.41) is 12.9. The van der Waals surface area contributed by atoms with Crippen LogP contribution >= 0.6 is 0 Å². The van der Waals surface area contributed by atoms with Gasteiger partial charge in [-0.1, -0.05) is 25.1 Å². The summed E-state index contributed by atoms with van der Waals surface area (Å²) in [6.07, 6.45) is 2.13. The first-order valence-electron chi connectivity index (χ1n) is 7.28. The van der Waals surface area contributed by atoms with Gasteiger partial charge in [-0.3, -0.25) is 0 Å². The van der Waals surface area contributed by atoms with Crippen LogP contribution in [-0.4, -0.2) is 36.4 Å². The quantitative estimate of drug-likeness (QED) is 0.876. The molecule has 1 aliphatic rings. The molecule has 1 aliphatic heterocycles. The summed E-state index contributed by atoms with van der Waals surface area (Å²) < 4.78 is 0. The standard InChI is InChI=1S/C16H26N2O/c1-4-13-7-5-6-8-15(13)18-11-14(12-19)17-10-9-16(18,2)3/h5-8,14,17,19H,4,9-12H2,1-3H3. The molecule has 1 saturated heterocycles. The second-order valence-corrected chi connectivity index (χ2v) is 5.99. The van der Waals surface area contributed by atoms with E-state index in [1.165, 1.54) is 11.3 Å². The summed E-state index contributed by atoms with van der Waals surface area (Å²) in [4.78, 5) is 2.46. The molecule has 0 aromatic heterocycles. The maximum absolute atomic E-state index is 9.49. The fourth-order valence-electron chi connectivity index (χ4n) is 2.87. The lowest BCUT2D eigenvalue weighted by atomic mass is 9.96. The smallest absolute Gasteiger partial charge is 0.0601 e. The number of anilines is 1. The monoisotopic (exact) mass is 262 g/mol. The van der Waals surface area contributed by atoms with E-state index in [4.69, 9.17) is 0 Å². The first kappa shape index (κ1) is 14.4. The minimum Gasteiger partial charge on any atom is -0.395 e. The van der Waals surface area contributed by atoms with Crippen molar-refractivity contribution in [2.45, 2.75) is 45.2 Å². The molecule has 19 heavy (non-hydrogen) atoms. The Morgan fingerprint density at radius 1 is 1.37 bits per heavy atom. The predicted molar refractivity (Wildman–Crippen MR) is 80.7 cm³/mol. The molecule has 0 amide bonds. The van der Waals surface area contributed by atoms with E-state index >= 15 is 0 Å². The molecule has 0 bridgehead atoms. The van der Waals surface area contributed by atoms with Gasteiger partial charge < -0.3 is 15.3 Å². The van der Waals surface area contributed by atoms with Crippen LogP contribution in [0.15, 0.2) is 24.3 Å². The molecule has 3 heteroatoms. The highest BCUT2D eigenvalue weighted by Gasteiger charge is 2.32. The lowest BCUT2D eigenvalue weighted by Crippen LogP contribution is -2.48. The fraction of sp³-hybridized carbons (Fsp3) is 0.625. The van der Waals surface area contributed by atoms with E-state index in [0.717, 1.165) is 25.9 Å². The van der Waals surface area contributed by atoms with Crippen molar-refractivity contribution >= 4 is 5.69 Å². The van der Waals surface area contributed by atoms with Crippen LogP contribution in [0.4, 0.5) is 5.69 Å². The first-order valence-corrected chi connectivity index (χ1v) is 7.28. The number of aliphatic hydroxyl groups is 1. The molecular weight excluding hydrogens is 236 g/mol. The number of hydrogen-bond donors (Lipinski definition) is 2. The van der Waals surface area contributed by atoms with E-state index in [1.54, 1.807) is 0 Å². The zero-order valence-corrected chi connectivity index (χ0v) is 12.3. The van der Waals surface area contributed by atoms with Crippen LogP contribution in [0.1, 0.15) is 32.8 Å². The first-order chi connectivity index (χ1) is 9.08. The van der Waals surface area contributed by atoms with E-state index in [1.807, 2.05) is 0 Å². The number of hydrogen-bond acceptors (Lipinski definition) is 3. The van der Waals surface area contributed by atoms with Crippen LogP contribution in [-0.2, 0) is 6.42 Å². The van der Waals surface area contributed by atoms with E-state index < -0.39 is 0 Å². The molecule has 1 fully saturated rings. The molecule has 0 aliphatic carbocycles. The number of aliphatic hydroxyl groups excluding tert-OH is 1. The van der Waals surface area contributed by atoms with E-state index in [0.29, 0.717) is 0 Å². The molecular formula is C16H26N2O. The average molecular weight is 262 g/mol. The minimum atomic E-state index is 0.113. The third-order valence-corrected chi connectivity index (χ3v) is 4.19. The zero-order chi connectivity index (χ0) is 13.9. The highest BCUT2D eigenvalue weighted by Crippen LogP contribution is 2.31. The van der Waals surface area contributed by atoms with Crippen molar-refractivity contribution in [2.24, 2.45) is 0 Å². The van der Waals surface area contributed by atoms with Crippen LogP contribution < -0.4 is 10.2 Å². The Balaban J connectivity index is 2.36. The molecule has 1 atom stereocenters. The SMILES string of the molecule is CCc1ccccc1N1CC(CO)NCCC1(C)C. The van der Waals surface area contributed by atoms with E-state index in [-0.39, 0.29) is 18.2 Å². The maximum atomic E-state index is 9.49. The molecule has 1 unspecified atom stereocenters. The van der Waals surface area contributed by atoms with Crippen LogP contribution in [0.25, 0.3) is 0 Å². The molecule has 106 valence electrons. The summed E-state index contributed by atoms with van der Waals surface area (Å²) in [5.74, 6) is 0. The van der Waals surface area contributed by atoms with E-state index in [9.17, 15) is 5.11 Å². The minimum absolute atomic E-state index is 0.113. The molecule has 0 radical (unpaired) electrons. The molecule has 1 heterocycles. The zero-order valence-electron chi connectivity index (χ0n) is 12.3. The van der Waals surface area contributed by atoms with Crippen molar-refractivity contribution in [2.75, 3.05) is 24.6 Å². The second kappa shape index (κ2) is 5.93. The Morgan fingerprint density at radius 2 is 2.11 bits per heavy atom. The van der Waals surface area contributed by atoms with Crippen LogP contribution in [0, 0.1) is 0 Å². The van der Waals surface area contributed by atoms with Gasteiger partial charge in [-0.2, -0.15) is 0 Å². The summed E-state index contributed by atoms with van der Waals surface area (Å²) in [6.45, 7) is 8.80. The molecule has 0 saturated carbocycles. The van der Waals surface area contributed by atoms with Crippen molar-refractivity contribution in [3.8, 4) is 0 Å². The van der Waals surface area contributed by atoms with E-state index in [2.05, 4.69) is 55.3 Å². The van der Waals surface area contributed by atoms with Crippen molar-refractivity contribution < 1.29 is 5.11 Å². The summed E-state index contributed by atoms with van der Waals surface area (Å²) >= 11 is 0. The maximum Gasteiger partial charge on any atom is 0.0601 e. The number of rotatable bonds is 3. The van der Waals surface area contributed by atoms with Gasteiger partial charge in [0.1, 0.15) is 0 Å². The number of aryl methyl sites for hydroxylation is 1. The number of para-hydroxylation sites is 1. The summed E-state index contributed by atoms with van der Waals surface area (Å²) in [7, 11) is 0. The van der Waals surface area contributed by atoms with Crippen LogP contribution in [0.2, 0.25) is 0 Å². The number of nitrogens with zero attached hydrogens (tertiary/aromatic N) is 1. The molecule has 2 N–H and O–H groups in total. The van der Waals surface area contributed by atoms with Gasteiger partial charge in [-0.05, 0) is 44.9 Å². The van der Waals surface area contributed by atoms with Gasteiger partial charge in [0.05, 0.1) is 6.61 Å². The topological polar surface area (TPSA) is 35.5 Å². The molecule has 1 aromatic carbocycles. The number of nitrogens with one attached hydrogen (secondary N) is 1. The third-order valence-electron chi connectivity index (χ3n) is 4.19. The lowest BCUT2D eigenvalue weighted by Gasteiger charge is -2.41. The van der Waals surface area contributed by atoms with Gasteiger partial charge >= 0.3 is 0 Å². The Kier molecular flexibility index (Phi) is 4.48. The Bertz CT molecular complexity index is 417. The average Bonchev–Trinajstić information content (AvgIpc) is 2.56. The van der Waals surface area contributed by atoms with Gasteiger partial charge in [0.15, 0.2) is 0 Å². The van der Waals surface area contributed by atoms with Crippen molar-refractivity contribution in [3.05, 3.63) is 29.8 Å². The van der Waals surface area contributed by atoms with Gasteiger partial charge in [-0.25, -0.2) is 0 Å². The Morgan fingerprint density at radius 3 is 2.79 bits per heavy atom. The van der Waals surface area contributed by atoms with Crippen molar-refractivity contribution in [3.63, 3.8) is 0 Å². The Labute approximate surface area is 116 Å². The molecule has 2 rings (SSSR count). The predicted octanol–water partition coefficient (Wildman–Crippen LogP) is 2.19. The second-order valence-electron chi connectivity index (χ2n) is 5.99.